The zero-order valence-corrected chi connectivity index (χ0v) is 16.4. The SMILES string of the molecule is CCc1ccc(-c2ccc(N3CCN(C(=O)c4ccc(F)cc4)CC3)nn2)cc1. The van der Waals surface area contributed by atoms with Crippen LogP contribution in [0.3, 0.4) is 0 Å². The van der Waals surface area contributed by atoms with Gasteiger partial charge in [-0.15, -0.1) is 10.2 Å². The molecule has 1 aliphatic rings. The van der Waals surface area contributed by atoms with Crippen molar-refractivity contribution in [2.24, 2.45) is 0 Å². The second kappa shape index (κ2) is 8.39. The van der Waals surface area contributed by atoms with Gasteiger partial charge in [0.1, 0.15) is 5.82 Å². The van der Waals surface area contributed by atoms with Crippen LogP contribution in [0.4, 0.5) is 10.2 Å². The van der Waals surface area contributed by atoms with Gasteiger partial charge in [-0.05, 0) is 48.4 Å². The number of aromatic nitrogens is 2. The number of nitrogens with zero attached hydrogens (tertiary/aromatic N) is 4. The van der Waals surface area contributed by atoms with E-state index >= 15 is 0 Å². The molecule has 3 aromatic rings. The number of halogens is 1. The lowest BCUT2D eigenvalue weighted by Crippen LogP contribution is -2.49. The number of benzene rings is 2. The van der Waals surface area contributed by atoms with Gasteiger partial charge in [0, 0.05) is 37.3 Å². The molecule has 4 rings (SSSR count). The van der Waals surface area contributed by atoms with Crippen molar-refractivity contribution in [3.05, 3.63) is 77.6 Å². The normalized spacial score (nSPS) is 14.1. The summed E-state index contributed by atoms with van der Waals surface area (Å²) in [6, 6.07) is 18.0. The minimum absolute atomic E-state index is 0.0680. The molecule has 0 spiro atoms. The van der Waals surface area contributed by atoms with Crippen molar-refractivity contribution >= 4 is 11.7 Å². The van der Waals surface area contributed by atoms with Gasteiger partial charge in [0.05, 0.1) is 5.69 Å². The summed E-state index contributed by atoms with van der Waals surface area (Å²) in [5.41, 5.74) is 3.71. The van der Waals surface area contributed by atoms with Gasteiger partial charge in [-0.25, -0.2) is 4.39 Å². The number of carbonyl (C=O) groups is 1. The van der Waals surface area contributed by atoms with Crippen molar-refractivity contribution in [2.75, 3.05) is 31.1 Å². The Morgan fingerprint density at radius 3 is 2.17 bits per heavy atom. The average molecular weight is 390 g/mol. The Morgan fingerprint density at radius 1 is 0.897 bits per heavy atom. The molecule has 5 nitrogen and oxygen atoms in total. The summed E-state index contributed by atoms with van der Waals surface area (Å²) in [6.07, 6.45) is 1.01. The van der Waals surface area contributed by atoms with Crippen LogP contribution >= 0.6 is 0 Å². The van der Waals surface area contributed by atoms with Crippen LogP contribution in [0.2, 0.25) is 0 Å². The molecule has 0 atom stereocenters. The highest BCUT2D eigenvalue weighted by atomic mass is 19.1. The lowest BCUT2D eigenvalue weighted by molar-refractivity contribution is 0.0746. The zero-order chi connectivity index (χ0) is 20.2. The summed E-state index contributed by atoms with van der Waals surface area (Å²) in [7, 11) is 0. The second-order valence-electron chi connectivity index (χ2n) is 7.11. The molecule has 2 aromatic carbocycles. The van der Waals surface area contributed by atoms with Gasteiger partial charge >= 0.3 is 0 Å². The third kappa shape index (κ3) is 4.26. The fraction of sp³-hybridized carbons (Fsp3) is 0.261. The Labute approximate surface area is 169 Å². The topological polar surface area (TPSA) is 49.3 Å². The van der Waals surface area contributed by atoms with Crippen molar-refractivity contribution in [1.29, 1.82) is 0 Å². The molecule has 1 amide bonds. The molecule has 1 fully saturated rings. The molecule has 29 heavy (non-hydrogen) atoms. The largest absolute Gasteiger partial charge is 0.352 e. The summed E-state index contributed by atoms with van der Waals surface area (Å²) in [4.78, 5) is 16.5. The van der Waals surface area contributed by atoms with E-state index in [0.717, 1.165) is 23.5 Å². The minimum atomic E-state index is -0.338. The van der Waals surface area contributed by atoms with Crippen molar-refractivity contribution < 1.29 is 9.18 Å². The molecule has 0 bridgehead atoms. The molecule has 6 heteroatoms. The quantitative estimate of drug-likeness (QED) is 0.680. The van der Waals surface area contributed by atoms with Crippen molar-refractivity contribution in [3.8, 4) is 11.3 Å². The molecule has 0 saturated carbocycles. The van der Waals surface area contributed by atoms with E-state index in [1.165, 1.54) is 29.8 Å². The fourth-order valence-corrected chi connectivity index (χ4v) is 3.47. The summed E-state index contributed by atoms with van der Waals surface area (Å²) in [6.45, 7) is 4.70. The number of aryl methyl sites for hydroxylation is 1. The molecule has 2 heterocycles. The summed E-state index contributed by atoms with van der Waals surface area (Å²) < 4.78 is 13.1. The minimum Gasteiger partial charge on any atom is -0.352 e. The first-order valence-electron chi connectivity index (χ1n) is 9.87. The number of piperazine rings is 1. The van der Waals surface area contributed by atoms with Crippen LogP contribution in [0, 0.1) is 5.82 Å². The van der Waals surface area contributed by atoms with E-state index in [1.807, 2.05) is 12.1 Å². The molecule has 0 radical (unpaired) electrons. The molecule has 1 aromatic heterocycles. The summed E-state index contributed by atoms with van der Waals surface area (Å²) in [5.74, 6) is 0.407. The Balaban J connectivity index is 1.38. The first-order chi connectivity index (χ1) is 14.1. The van der Waals surface area contributed by atoms with E-state index in [2.05, 4.69) is 46.3 Å². The van der Waals surface area contributed by atoms with Crippen LogP contribution < -0.4 is 4.90 Å². The van der Waals surface area contributed by atoms with Gasteiger partial charge in [0.2, 0.25) is 0 Å². The number of amides is 1. The molecular formula is C23H23FN4O. The monoisotopic (exact) mass is 390 g/mol. The first kappa shape index (κ1) is 19.1. The standard InChI is InChI=1S/C23H23FN4O/c1-2-17-3-5-18(6-4-17)21-11-12-22(26-25-21)27-13-15-28(16-14-27)23(29)19-7-9-20(24)10-8-19/h3-12H,2,13-16H2,1H3. The molecule has 0 N–H and O–H groups in total. The Kier molecular flexibility index (Phi) is 5.51. The van der Waals surface area contributed by atoms with Crippen LogP contribution in [0.1, 0.15) is 22.8 Å². The average Bonchev–Trinajstić information content (AvgIpc) is 2.79. The fourth-order valence-electron chi connectivity index (χ4n) is 3.47. The highest BCUT2D eigenvalue weighted by Crippen LogP contribution is 2.20. The van der Waals surface area contributed by atoms with Gasteiger partial charge < -0.3 is 9.80 Å². The van der Waals surface area contributed by atoms with E-state index in [4.69, 9.17) is 0 Å². The Hall–Kier alpha value is -3.28. The smallest absolute Gasteiger partial charge is 0.253 e. The molecule has 1 saturated heterocycles. The van der Waals surface area contributed by atoms with Gasteiger partial charge in [-0.1, -0.05) is 31.2 Å². The van der Waals surface area contributed by atoms with Crippen molar-refractivity contribution in [2.45, 2.75) is 13.3 Å². The van der Waals surface area contributed by atoms with Crippen molar-refractivity contribution in [3.63, 3.8) is 0 Å². The molecule has 148 valence electrons. The number of hydrogen-bond donors (Lipinski definition) is 0. The third-order valence-electron chi connectivity index (χ3n) is 5.29. The highest BCUT2D eigenvalue weighted by molar-refractivity contribution is 5.94. The van der Waals surface area contributed by atoms with Gasteiger partial charge in [-0.2, -0.15) is 0 Å². The maximum atomic E-state index is 13.1. The summed E-state index contributed by atoms with van der Waals surface area (Å²) >= 11 is 0. The van der Waals surface area contributed by atoms with E-state index in [-0.39, 0.29) is 11.7 Å². The van der Waals surface area contributed by atoms with E-state index < -0.39 is 0 Å². The van der Waals surface area contributed by atoms with Crippen LogP contribution in [0.5, 0.6) is 0 Å². The highest BCUT2D eigenvalue weighted by Gasteiger charge is 2.23. The Morgan fingerprint density at radius 2 is 1.59 bits per heavy atom. The predicted octanol–water partition coefficient (Wildman–Crippen LogP) is 3.81. The maximum absolute atomic E-state index is 13.1. The molecule has 1 aliphatic heterocycles. The van der Waals surface area contributed by atoms with Crippen LogP contribution in [-0.2, 0) is 6.42 Å². The lowest BCUT2D eigenvalue weighted by atomic mass is 10.1. The Bertz CT molecular complexity index is 963. The predicted molar refractivity (Wildman–Crippen MR) is 111 cm³/mol. The number of anilines is 1. The molecule has 0 aliphatic carbocycles. The van der Waals surface area contributed by atoms with Crippen LogP contribution in [0.25, 0.3) is 11.3 Å². The third-order valence-corrected chi connectivity index (χ3v) is 5.29. The van der Waals surface area contributed by atoms with Crippen LogP contribution in [0.15, 0.2) is 60.7 Å². The number of rotatable bonds is 4. The number of carbonyl (C=O) groups excluding carboxylic acids is 1. The van der Waals surface area contributed by atoms with Gasteiger partial charge in [0.15, 0.2) is 5.82 Å². The zero-order valence-electron chi connectivity index (χ0n) is 16.4. The van der Waals surface area contributed by atoms with Crippen molar-refractivity contribution in [1.82, 2.24) is 15.1 Å². The second-order valence-corrected chi connectivity index (χ2v) is 7.11. The number of hydrogen-bond acceptors (Lipinski definition) is 4. The van der Waals surface area contributed by atoms with Gasteiger partial charge in [-0.3, -0.25) is 4.79 Å². The van der Waals surface area contributed by atoms with E-state index in [0.29, 0.717) is 31.7 Å². The lowest BCUT2D eigenvalue weighted by Gasteiger charge is -2.35. The molecule has 0 unspecified atom stereocenters. The van der Waals surface area contributed by atoms with Gasteiger partial charge in [0.25, 0.3) is 5.91 Å². The van der Waals surface area contributed by atoms with E-state index in [1.54, 1.807) is 4.90 Å². The van der Waals surface area contributed by atoms with E-state index in [9.17, 15) is 9.18 Å². The maximum Gasteiger partial charge on any atom is 0.253 e. The first-order valence-corrected chi connectivity index (χ1v) is 9.87. The molecular weight excluding hydrogens is 367 g/mol. The van der Waals surface area contributed by atoms with Crippen LogP contribution in [-0.4, -0.2) is 47.2 Å². The summed E-state index contributed by atoms with van der Waals surface area (Å²) in [5, 5.41) is 8.77.